The number of rotatable bonds is 4. The monoisotopic (exact) mass is 223 g/mol. The first-order valence-electron chi connectivity index (χ1n) is 4.57. The highest BCUT2D eigenvalue weighted by Gasteiger charge is 2.23. The van der Waals surface area contributed by atoms with Crippen LogP contribution < -0.4 is 5.32 Å². The molecular weight excluding hydrogens is 206 g/mol. The lowest BCUT2D eigenvalue weighted by Crippen LogP contribution is -2.41. The number of sulfone groups is 1. The minimum atomic E-state index is -2.74. The maximum atomic E-state index is 11.2. The van der Waals surface area contributed by atoms with Crippen molar-refractivity contribution >= 4 is 21.6 Å². The molecule has 0 spiro atoms. The van der Waals surface area contributed by atoms with Crippen LogP contribution in [0.15, 0.2) is 0 Å². The van der Waals surface area contributed by atoms with Crippen LogP contribution in [0.1, 0.15) is 12.8 Å². The molecule has 0 radical (unpaired) electrons. The third kappa shape index (κ3) is 4.33. The van der Waals surface area contributed by atoms with E-state index in [9.17, 15) is 8.42 Å². The average Bonchev–Trinajstić information content (AvgIpc) is 2.03. The van der Waals surface area contributed by atoms with Gasteiger partial charge in [-0.05, 0) is 19.1 Å². The molecular formula is C8H17NO2S2. The van der Waals surface area contributed by atoms with Gasteiger partial charge in [-0.2, -0.15) is 11.8 Å². The Morgan fingerprint density at radius 2 is 2.31 bits per heavy atom. The number of hydrogen-bond acceptors (Lipinski definition) is 4. The van der Waals surface area contributed by atoms with Crippen LogP contribution in [0.25, 0.3) is 0 Å². The van der Waals surface area contributed by atoms with E-state index in [1.807, 2.05) is 0 Å². The molecule has 1 aliphatic rings. The topological polar surface area (TPSA) is 46.2 Å². The summed E-state index contributed by atoms with van der Waals surface area (Å²) < 4.78 is 22.5. The van der Waals surface area contributed by atoms with E-state index in [4.69, 9.17) is 0 Å². The van der Waals surface area contributed by atoms with Crippen molar-refractivity contribution in [3.8, 4) is 0 Å². The summed E-state index contributed by atoms with van der Waals surface area (Å²) in [6, 6.07) is 0.200. The molecule has 1 unspecified atom stereocenters. The molecule has 13 heavy (non-hydrogen) atoms. The van der Waals surface area contributed by atoms with Crippen molar-refractivity contribution in [1.82, 2.24) is 5.32 Å². The Labute approximate surface area is 84.6 Å². The fourth-order valence-electron chi connectivity index (χ4n) is 1.55. The van der Waals surface area contributed by atoms with Gasteiger partial charge in [0.15, 0.2) is 9.84 Å². The van der Waals surface area contributed by atoms with E-state index in [1.54, 1.807) is 11.8 Å². The normalized spacial score (nSPS) is 27.3. The van der Waals surface area contributed by atoms with E-state index >= 15 is 0 Å². The van der Waals surface area contributed by atoms with Gasteiger partial charge >= 0.3 is 0 Å². The van der Waals surface area contributed by atoms with Gasteiger partial charge in [0.1, 0.15) is 0 Å². The average molecular weight is 223 g/mol. The van der Waals surface area contributed by atoms with Crippen LogP contribution in [0.2, 0.25) is 0 Å². The van der Waals surface area contributed by atoms with Gasteiger partial charge in [0, 0.05) is 18.3 Å². The van der Waals surface area contributed by atoms with Gasteiger partial charge in [-0.1, -0.05) is 0 Å². The van der Waals surface area contributed by atoms with Gasteiger partial charge in [0.2, 0.25) is 0 Å². The molecule has 0 amide bonds. The molecule has 1 N–H and O–H groups in total. The van der Waals surface area contributed by atoms with Gasteiger partial charge in [-0.3, -0.25) is 0 Å². The molecule has 0 aromatic carbocycles. The summed E-state index contributed by atoms with van der Waals surface area (Å²) in [6.07, 6.45) is 3.88. The van der Waals surface area contributed by atoms with Gasteiger partial charge in [0.25, 0.3) is 0 Å². The zero-order valence-corrected chi connectivity index (χ0v) is 9.59. The summed E-state index contributed by atoms with van der Waals surface area (Å²) >= 11 is 1.78. The zero-order valence-electron chi connectivity index (χ0n) is 7.95. The second kappa shape index (κ2) is 5.22. The van der Waals surface area contributed by atoms with E-state index in [2.05, 4.69) is 11.6 Å². The molecule has 0 aromatic heterocycles. The second-order valence-corrected chi connectivity index (χ2v) is 6.61. The van der Waals surface area contributed by atoms with Crippen LogP contribution in [0.3, 0.4) is 0 Å². The molecule has 0 aromatic rings. The van der Waals surface area contributed by atoms with E-state index in [0.29, 0.717) is 11.5 Å². The Morgan fingerprint density at radius 1 is 1.54 bits per heavy atom. The molecule has 0 bridgehead atoms. The molecule has 1 heterocycles. The lowest BCUT2D eigenvalue weighted by atomic mass is 10.2. The van der Waals surface area contributed by atoms with Gasteiger partial charge < -0.3 is 5.32 Å². The lowest BCUT2D eigenvalue weighted by Gasteiger charge is -2.22. The highest BCUT2D eigenvalue weighted by atomic mass is 32.2. The van der Waals surface area contributed by atoms with Crippen molar-refractivity contribution in [1.29, 1.82) is 0 Å². The standard InChI is InChI=1S/C8H17NO2S2/c1-12-5-4-9-8-3-2-6-13(10,11)7-8/h8-9H,2-7H2,1H3. The van der Waals surface area contributed by atoms with Gasteiger partial charge in [-0.15, -0.1) is 0 Å². The molecule has 1 rings (SSSR count). The first kappa shape index (κ1) is 11.3. The van der Waals surface area contributed by atoms with Crippen molar-refractivity contribution in [2.45, 2.75) is 18.9 Å². The molecule has 3 nitrogen and oxygen atoms in total. The SMILES string of the molecule is CSCCNC1CCCS(=O)(=O)C1. The lowest BCUT2D eigenvalue weighted by molar-refractivity contribution is 0.492. The molecule has 1 aliphatic heterocycles. The summed E-state index contributed by atoms with van der Waals surface area (Å²) in [5.74, 6) is 1.77. The van der Waals surface area contributed by atoms with E-state index in [1.165, 1.54) is 0 Å². The van der Waals surface area contributed by atoms with Crippen molar-refractivity contribution in [3.63, 3.8) is 0 Å². The van der Waals surface area contributed by atoms with Crippen molar-refractivity contribution in [2.75, 3.05) is 30.1 Å². The number of hydrogen-bond donors (Lipinski definition) is 1. The van der Waals surface area contributed by atoms with E-state index < -0.39 is 9.84 Å². The van der Waals surface area contributed by atoms with Crippen LogP contribution >= 0.6 is 11.8 Å². The van der Waals surface area contributed by atoms with E-state index in [0.717, 1.165) is 25.1 Å². The highest BCUT2D eigenvalue weighted by Crippen LogP contribution is 2.11. The molecule has 1 fully saturated rings. The third-order valence-electron chi connectivity index (χ3n) is 2.20. The highest BCUT2D eigenvalue weighted by molar-refractivity contribution is 7.98. The first-order chi connectivity index (χ1) is 6.14. The first-order valence-corrected chi connectivity index (χ1v) is 7.78. The third-order valence-corrected chi connectivity index (χ3v) is 4.64. The summed E-state index contributed by atoms with van der Waals surface area (Å²) in [4.78, 5) is 0. The number of thioether (sulfide) groups is 1. The molecule has 5 heteroatoms. The summed E-state index contributed by atoms with van der Waals surface area (Å²) in [6.45, 7) is 0.918. The zero-order chi connectivity index (χ0) is 9.73. The predicted octanol–water partition coefficient (Wildman–Crippen LogP) is 0.516. The van der Waals surface area contributed by atoms with Crippen LogP contribution in [0, 0.1) is 0 Å². The Morgan fingerprint density at radius 3 is 2.92 bits per heavy atom. The largest absolute Gasteiger partial charge is 0.312 e. The molecule has 1 atom stereocenters. The maximum Gasteiger partial charge on any atom is 0.151 e. The van der Waals surface area contributed by atoms with Crippen molar-refractivity contribution < 1.29 is 8.42 Å². The predicted molar refractivity (Wildman–Crippen MR) is 58.1 cm³/mol. The summed E-state index contributed by atoms with van der Waals surface area (Å²) in [5, 5.41) is 3.28. The van der Waals surface area contributed by atoms with Crippen molar-refractivity contribution in [3.05, 3.63) is 0 Å². The molecule has 0 saturated carbocycles. The minimum Gasteiger partial charge on any atom is -0.312 e. The summed E-state index contributed by atoms with van der Waals surface area (Å²) in [7, 11) is -2.74. The molecule has 1 saturated heterocycles. The molecule has 0 aliphatic carbocycles. The summed E-state index contributed by atoms with van der Waals surface area (Å²) in [5.41, 5.74) is 0. The van der Waals surface area contributed by atoms with Gasteiger partial charge in [-0.25, -0.2) is 8.42 Å². The quantitative estimate of drug-likeness (QED) is 0.706. The number of nitrogens with one attached hydrogen (secondary N) is 1. The van der Waals surface area contributed by atoms with Crippen LogP contribution in [-0.2, 0) is 9.84 Å². The second-order valence-electron chi connectivity index (χ2n) is 3.40. The van der Waals surface area contributed by atoms with Crippen molar-refractivity contribution in [2.24, 2.45) is 0 Å². The fourth-order valence-corrected chi connectivity index (χ4v) is 3.54. The van der Waals surface area contributed by atoms with Gasteiger partial charge in [0.05, 0.1) is 11.5 Å². The Hall–Kier alpha value is 0.260. The van der Waals surface area contributed by atoms with Crippen LogP contribution in [-0.4, -0.2) is 44.5 Å². The van der Waals surface area contributed by atoms with Crippen LogP contribution in [0.5, 0.6) is 0 Å². The Kier molecular flexibility index (Phi) is 4.55. The Bertz CT molecular complexity index is 239. The smallest absolute Gasteiger partial charge is 0.151 e. The fraction of sp³-hybridized carbons (Fsp3) is 1.00. The Balaban J connectivity index is 2.27. The van der Waals surface area contributed by atoms with Crippen LogP contribution in [0.4, 0.5) is 0 Å². The van der Waals surface area contributed by atoms with E-state index in [-0.39, 0.29) is 6.04 Å². The molecule has 78 valence electrons. The minimum absolute atomic E-state index is 0.200. The maximum absolute atomic E-state index is 11.2.